The van der Waals surface area contributed by atoms with Crippen molar-refractivity contribution < 1.29 is 24.9 Å². The summed E-state index contributed by atoms with van der Waals surface area (Å²) in [5.41, 5.74) is 6.34. The average Bonchev–Trinajstić information content (AvgIpc) is 3.14. The summed E-state index contributed by atoms with van der Waals surface area (Å²) >= 11 is 1.82. The van der Waals surface area contributed by atoms with Crippen LogP contribution in [-0.4, -0.2) is 69.7 Å². The third kappa shape index (κ3) is 11.7. The Labute approximate surface area is 164 Å². The van der Waals surface area contributed by atoms with Crippen molar-refractivity contribution in [2.24, 2.45) is 5.73 Å². The molecular formula is C19H30N2O5S. The lowest BCUT2D eigenvalue weighted by Gasteiger charge is -2.18. The van der Waals surface area contributed by atoms with E-state index in [9.17, 15) is 14.7 Å². The molecule has 1 aromatic rings. The van der Waals surface area contributed by atoms with Gasteiger partial charge in [-0.2, -0.15) is 11.8 Å². The fourth-order valence-electron chi connectivity index (χ4n) is 2.61. The van der Waals surface area contributed by atoms with Crippen molar-refractivity contribution in [3.8, 4) is 0 Å². The second kappa shape index (κ2) is 13.5. The Kier molecular flexibility index (Phi) is 11.8. The number of aliphatic carboxylic acids is 2. The quantitative estimate of drug-likeness (QED) is 0.469. The summed E-state index contributed by atoms with van der Waals surface area (Å²) < 4.78 is 0. The van der Waals surface area contributed by atoms with Crippen LogP contribution in [0.25, 0.3) is 0 Å². The van der Waals surface area contributed by atoms with Crippen LogP contribution in [0.2, 0.25) is 0 Å². The number of rotatable bonds is 10. The van der Waals surface area contributed by atoms with Crippen molar-refractivity contribution in [3.63, 3.8) is 0 Å². The van der Waals surface area contributed by atoms with Crippen LogP contribution in [0.15, 0.2) is 30.3 Å². The number of aliphatic hydroxyl groups excluding tert-OH is 1. The molecule has 2 atom stereocenters. The highest BCUT2D eigenvalue weighted by atomic mass is 32.2. The molecule has 8 heteroatoms. The first-order valence-electron chi connectivity index (χ1n) is 9.10. The predicted octanol–water partition coefficient (Wildman–Crippen LogP) is 1.64. The van der Waals surface area contributed by atoms with Gasteiger partial charge in [0.25, 0.3) is 0 Å². The van der Waals surface area contributed by atoms with Crippen LogP contribution in [0, 0.1) is 0 Å². The number of hydrogen-bond donors (Lipinski definition) is 4. The molecule has 27 heavy (non-hydrogen) atoms. The Morgan fingerprint density at radius 1 is 1.15 bits per heavy atom. The average molecular weight is 399 g/mol. The van der Waals surface area contributed by atoms with Crippen molar-refractivity contribution in [3.05, 3.63) is 35.9 Å². The van der Waals surface area contributed by atoms with Crippen molar-refractivity contribution in [2.75, 3.05) is 25.4 Å². The number of likely N-dealkylation sites (tertiary alicyclic amines) is 1. The molecule has 0 amide bonds. The van der Waals surface area contributed by atoms with Gasteiger partial charge in [0.15, 0.2) is 0 Å². The van der Waals surface area contributed by atoms with E-state index in [0.29, 0.717) is 0 Å². The monoisotopic (exact) mass is 398 g/mol. The second-order valence-electron chi connectivity index (χ2n) is 6.54. The number of carboxylic acid groups (broad SMARTS) is 2. The number of β-amino-alcohol motifs (C(OH)–C–C–N with tert-alkyl or cyclic N) is 1. The van der Waals surface area contributed by atoms with Gasteiger partial charge in [-0.25, -0.2) is 0 Å². The van der Waals surface area contributed by atoms with Gasteiger partial charge in [0.1, 0.15) is 6.04 Å². The molecule has 0 spiro atoms. The van der Waals surface area contributed by atoms with Crippen LogP contribution in [0.3, 0.4) is 0 Å². The summed E-state index contributed by atoms with van der Waals surface area (Å²) in [5.74, 6) is -0.360. The SMILES string of the molecule is N[C@@H](CCC(=O)O)C(=O)O.OC(CSCc1ccccc1)CN1CCCC1. The molecule has 0 radical (unpaired) electrons. The van der Waals surface area contributed by atoms with Crippen molar-refractivity contribution in [1.82, 2.24) is 4.90 Å². The van der Waals surface area contributed by atoms with Crippen molar-refractivity contribution in [2.45, 2.75) is 43.6 Å². The molecule has 0 saturated carbocycles. The molecule has 0 bridgehead atoms. The zero-order valence-electron chi connectivity index (χ0n) is 15.5. The molecule has 1 aliphatic heterocycles. The standard InChI is InChI=1S/C14H21NOS.C5H9NO4/c16-14(10-15-8-4-5-9-15)12-17-11-13-6-2-1-3-7-13;6-3(5(9)10)1-2-4(7)8/h1-3,6-7,14,16H,4-5,8-12H2;3H,1-2,6H2,(H,7,8)(H,9,10)/t;3-/m.0/s1. The van der Waals surface area contributed by atoms with E-state index in [1.54, 1.807) is 0 Å². The van der Waals surface area contributed by atoms with E-state index < -0.39 is 18.0 Å². The van der Waals surface area contributed by atoms with Gasteiger partial charge in [0, 0.05) is 24.5 Å². The first-order chi connectivity index (χ1) is 12.9. The summed E-state index contributed by atoms with van der Waals surface area (Å²) in [7, 11) is 0. The van der Waals surface area contributed by atoms with Crippen molar-refractivity contribution in [1.29, 1.82) is 0 Å². The second-order valence-corrected chi connectivity index (χ2v) is 7.57. The molecule has 7 nitrogen and oxygen atoms in total. The fourth-order valence-corrected chi connectivity index (χ4v) is 3.53. The van der Waals surface area contributed by atoms with Crippen LogP contribution in [0.5, 0.6) is 0 Å². The highest BCUT2D eigenvalue weighted by molar-refractivity contribution is 7.98. The Morgan fingerprint density at radius 3 is 2.33 bits per heavy atom. The summed E-state index contributed by atoms with van der Waals surface area (Å²) in [6.07, 6.45) is 2.19. The first kappa shape index (κ1) is 23.4. The lowest BCUT2D eigenvalue weighted by atomic mass is 10.2. The topological polar surface area (TPSA) is 124 Å². The van der Waals surface area contributed by atoms with Gasteiger partial charge in [-0.3, -0.25) is 9.59 Å². The van der Waals surface area contributed by atoms with Gasteiger partial charge < -0.3 is 26.0 Å². The maximum atomic E-state index is 9.99. The van der Waals surface area contributed by atoms with Gasteiger partial charge in [0.05, 0.1) is 6.10 Å². The minimum atomic E-state index is -1.17. The van der Waals surface area contributed by atoms with E-state index in [0.717, 1.165) is 18.1 Å². The number of hydrogen-bond acceptors (Lipinski definition) is 6. The molecule has 5 N–H and O–H groups in total. The molecule has 1 heterocycles. The Morgan fingerprint density at radius 2 is 1.78 bits per heavy atom. The maximum Gasteiger partial charge on any atom is 0.320 e. The molecule has 1 saturated heterocycles. The highest BCUT2D eigenvalue weighted by Gasteiger charge is 2.15. The van der Waals surface area contributed by atoms with Gasteiger partial charge in [-0.1, -0.05) is 30.3 Å². The largest absolute Gasteiger partial charge is 0.481 e. The van der Waals surface area contributed by atoms with E-state index in [1.165, 1.54) is 31.5 Å². The van der Waals surface area contributed by atoms with Crippen LogP contribution in [0.1, 0.15) is 31.2 Å². The Hall–Kier alpha value is -1.61. The number of aliphatic hydroxyl groups is 1. The Balaban J connectivity index is 0.000000314. The van der Waals surface area contributed by atoms with Gasteiger partial charge in [-0.15, -0.1) is 0 Å². The van der Waals surface area contributed by atoms with Gasteiger partial charge >= 0.3 is 11.9 Å². The van der Waals surface area contributed by atoms with E-state index in [1.807, 2.05) is 17.8 Å². The lowest BCUT2D eigenvalue weighted by molar-refractivity contribution is -0.139. The number of nitrogens with two attached hydrogens (primary N) is 1. The zero-order valence-corrected chi connectivity index (χ0v) is 16.3. The lowest BCUT2D eigenvalue weighted by Crippen LogP contribution is -2.31. The van der Waals surface area contributed by atoms with E-state index >= 15 is 0 Å². The van der Waals surface area contributed by atoms with Gasteiger partial charge in [0.2, 0.25) is 0 Å². The molecule has 1 aliphatic rings. The molecule has 1 aromatic carbocycles. The summed E-state index contributed by atoms with van der Waals surface area (Å²) in [5, 5.41) is 26.2. The zero-order chi connectivity index (χ0) is 20.1. The van der Waals surface area contributed by atoms with Crippen LogP contribution in [-0.2, 0) is 15.3 Å². The summed E-state index contributed by atoms with van der Waals surface area (Å²) in [6, 6.07) is 9.39. The molecular weight excluding hydrogens is 368 g/mol. The van der Waals surface area contributed by atoms with E-state index in [2.05, 4.69) is 29.2 Å². The number of thioether (sulfide) groups is 1. The van der Waals surface area contributed by atoms with Crippen LogP contribution in [0.4, 0.5) is 0 Å². The normalized spacial score (nSPS) is 16.2. The molecule has 152 valence electrons. The van der Waals surface area contributed by atoms with Crippen LogP contribution >= 0.6 is 11.8 Å². The number of carbonyl (C=O) groups is 2. The Bertz CT molecular complexity index is 552. The minimum Gasteiger partial charge on any atom is -0.481 e. The highest BCUT2D eigenvalue weighted by Crippen LogP contribution is 2.14. The third-order valence-corrected chi connectivity index (χ3v) is 5.23. The van der Waals surface area contributed by atoms with Gasteiger partial charge in [-0.05, 0) is 37.9 Å². The fraction of sp³-hybridized carbons (Fsp3) is 0.579. The molecule has 0 aromatic heterocycles. The van der Waals surface area contributed by atoms with Crippen LogP contribution < -0.4 is 5.73 Å². The minimum absolute atomic E-state index is 0.0231. The third-order valence-electron chi connectivity index (χ3n) is 4.08. The van der Waals surface area contributed by atoms with Crippen molar-refractivity contribution >= 4 is 23.7 Å². The number of nitrogens with zero attached hydrogens (tertiary/aromatic N) is 1. The number of carboxylic acids is 2. The predicted molar refractivity (Wildman–Crippen MR) is 107 cm³/mol. The van der Waals surface area contributed by atoms with E-state index in [4.69, 9.17) is 15.9 Å². The molecule has 1 fully saturated rings. The molecule has 1 unspecified atom stereocenters. The summed E-state index contributed by atoms with van der Waals surface area (Å²) in [4.78, 5) is 22.2. The smallest absolute Gasteiger partial charge is 0.320 e. The first-order valence-corrected chi connectivity index (χ1v) is 10.3. The maximum absolute atomic E-state index is 9.99. The molecule has 0 aliphatic carbocycles. The van der Waals surface area contributed by atoms with E-state index in [-0.39, 0.29) is 18.9 Å². The molecule has 2 rings (SSSR count). The number of benzene rings is 1. The summed E-state index contributed by atoms with van der Waals surface area (Å²) in [6.45, 7) is 3.18.